The molecule has 20 heavy (non-hydrogen) atoms. The average molecular weight is 422 g/mol. The van der Waals surface area contributed by atoms with E-state index in [1.165, 1.54) is 6.07 Å². The molecule has 0 bridgehead atoms. The second-order valence-electron chi connectivity index (χ2n) is 4.33. The number of hydrogen-bond acceptors (Lipinski definition) is 1. The van der Waals surface area contributed by atoms with Gasteiger partial charge in [0.15, 0.2) is 0 Å². The maximum atomic E-state index is 13.3. The molecule has 0 aliphatic rings. The van der Waals surface area contributed by atoms with Gasteiger partial charge in [0.05, 0.1) is 11.1 Å². The van der Waals surface area contributed by atoms with Crippen LogP contribution in [0.5, 0.6) is 0 Å². The van der Waals surface area contributed by atoms with Gasteiger partial charge in [-0.3, -0.25) is 0 Å². The summed E-state index contributed by atoms with van der Waals surface area (Å²) < 4.78 is 15.3. The molecule has 2 aromatic rings. The average Bonchev–Trinajstić information content (AvgIpc) is 2.42. The summed E-state index contributed by atoms with van der Waals surface area (Å²) in [6, 6.07) is 10.7. The molecule has 1 N–H and O–H groups in total. The van der Waals surface area contributed by atoms with Crippen molar-refractivity contribution in [1.82, 2.24) is 5.32 Å². The van der Waals surface area contributed by atoms with Crippen LogP contribution in [0.25, 0.3) is 0 Å². The van der Waals surface area contributed by atoms with Crippen LogP contribution in [0.15, 0.2) is 45.3 Å². The molecule has 0 aliphatic carbocycles. The Morgan fingerprint density at radius 1 is 1.20 bits per heavy atom. The van der Waals surface area contributed by atoms with Crippen LogP contribution in [0.2, 0.25) is 5.02 Å². The van der Waals surface area contributed by atoms with Crippen molar-refractivity contribution in [3.05, 3.63) is 67.3 Å². The highest BCUT2D eigenvalue weighted by Crippen LogP contribution is 2.32. The molecule has 5 heteroatoms. The lowest BCUT2D eigenvalue weighted by atomic mass is 9.98. The lowest BCUT2D eigenvalue weighted by Gasteiger charge is -2.21. The van der Waals surface area contributed by atoms with E-state index >= 15 is 0 Å². The first-order valence-electron chi connectivity index (χ1n) is 6.16. The van der Waals surface area contributed by atoms with E-state index in [0.29, 0.717) is 0 Å². The minimum Gasteiger partial charge on any atom is -0.306 e. The van der Waals surface area contributed by atoms with Gasteiger partial charge in [-0.2, -0.15) is 0 Å². The third-order valence-corrected chi connectivity index (χ3v) is 4.46. The van der Waals surface area contributed by atoms with Gasteiger partial charge >= 0.3 is 0 Å². The highest BCUT2D eigenvalue weighted by atomic mass is 79.9. The summed E-state index contributed by atoms with van der Waals surface area (Å²) in [5.41, 5.74) is 2.00. The summed E-state index contributed by atoms with van der Waals surface area (Å²) in [4.78, 5) is 0. The topological polar surface area (TPSA) is 12.0 Å². The van der Waals surface area contributed by atoms with E-state index in [1.54, 1.807) is 12.1 Å². The van der Waals surface area contributed by atoms with E-state index in [2.05, 4.69) is 37.2 Å². The molecule has 106 valence electrons. The second kappa shape index (κ2) is 7.03. The molecule has 0 fully saturated rings. The maximum Gasteiger partial charge on any atom is 0.141 e. The largest absolute Gasteiger partial charge is 0.306 e. The van der Waals surface area contributed by atoms with Crippen molar-refractivity contribution < 1.29 is 4.39 Å². The summed E-state index contributed by atoms with van der Waals surface area (Å²) in [7, 11) is 0. The zero-order valence-corrected chi connectivity index (χ0v) is 14.7. The van der Waals surface area contributed by atoms with Crippen molar-refractivity contribution >= 4 is 43.5 Å². The SMILES string of the molecule is CCNC(c1ccc(F)c(Cl)c1)c1cc(Br)ccc1Br. The molecule has 0 amide bonds. The van der Waals surface area contributed by atoms with Crippen molar-refractivity contribution in [2.24, 2.45) is 0 Å². The van der Waals surface area contributed by atoms with Crippen LogP contribution in [0, 0.1) is 5.82 Å². The predicted molar refractivity (Wildman–Crippen MR) is 88.8 cm³/mol. The standard InChI is InChI=1S/C15H13Br2ClFN/c1-2-20-15(9-3-6-14(19)13(18)7-9)11-8-10(16)4-5-12(11)17/h3-8,15,20H,2H2,1H3. The van der Waals surface area contributed by atoms with Crippen molar-refractivity contribution in [3.63, 3.8) is 0 Å². The van der Waals surface area contributed by atoms with Gasteiger partial charge in [0, 0.05) is 8.95 Å². The maximum absolute atomic E-state index is 13.3. The van der Waals surface area contributed by atoms with Gasteiger partial charge in [0.1, 0.15) is 5.82 Å². The van der Waals surface area contributed by atoms with Crippen molar-refractivity contribution in [3.8, 4) is 0 Å². The Morgan fingerprint density at radius 3 is 2.60 bits per heavy atom. The zero-order valence-electron chi connectivity index (χ0n) is 10.8. The number of hydrogen-bond donors (Lipinski definition) is 1. The summed E-state index contributed by atoms with van der Waals surface area (Å²) in [5.74, 6) is -0.404. The van der Waals surface area contributed by atoms with Crippen LogP contribution in [0.4, 0.5) is 4.39 Å². The van der Waals surface area contributed by atoms with Crippen molar-refractivity contribution in [2.75, 3.05) is 6.54 Å². The number of benzene rings is 2. The third-order valence-electron chi connectivity index (χ3n) is 2.95. The summed E-state index contributed by atoms with van der Waals surface area (Å²) in [5, 5.41) is 3.53. The first-order valence-corrected chi connectivity index (χ1v) is 8.12. The normalized spacial score (nSPS) is 12.4. The van der Waals surface area contributed by atoms with Crippen LogP contribution in [-0.4, -0.2) is 6.54 Å². The van der Waals surface area contributed by atoms with E-state index in [0.717, 1.165) is 26.6 Å². The first-order chi connectivity index (χ1) is 9.52. The lowest BCUT2D eigenvalue weighted by Crippen LogP contribution is -2.22. The van der Waals surface area contributed by atoms with Crippen LogP contribution in [0.1, 0.15) is 24.1 Å². The fraction of sp³-hybridized carbons (Fsp3) is 0.200. The summed E-state index contributed by atoms with van der Waals surface area (Å²) >= 11 is 12.9. The molecule has 1 atom stereocenters. The molecule has 0 heterocycles. The lowest BCUT2D eigenvalue weighted by molar-refractivity contribution is 0.613. The fourth-order valence-corrected chi connectivity index (χ4v) is 3.08. The molecule has 0 radical (unpaired) electrons. The molecule has 0 saturated carbocycles. The van der Waals surface area contributed by atoms with Gasteiger partial charge in [-0.25, -0.2) is 4.39 Å². The molecule has 0 aromatic heterocycles. The molecule has 2 rings (SSSR count). The van der Waals surface area contributed by atoms with E-state index in [4.69, 9.17) is 11.6 Å². The van der Waals surface area contributed by atoms with E-state index in [1.807, 2.05) is 25.1 Å². The molecular formula is C15H13Br2ClFN. The van der Waals surface area contributed by atoms with Crippen LogP contribution < -0.4 is 5.32 Å². The van der Waals surface area contributed by atoms with Crippen LogP contribution in [0.3, 0.4) is 0 Å². The highest BCUT2D eigenvalue weighted by Gasteiger charge is 2.17. The van der Waals surface area contributed by atoms with Crippen LogP contribution in [-0.2, 0) is 0 Å². The fourth-order valence-electron chi connectivity index (χ4n) is 2.04. The Kier molecular flexibility index (Phi) is 5.61. The van der Waals surface area contributed by atoms with Crippen molar-refractivity contribution in [2.45, 2.75) is 13.0 Å². The minimum absolute atomic E-state index is 0.0509. The molecule has 0 spiro atoms. The quantitative estimate of drug-likeness (QED) is 0.667. The minimum atomic E-state index is -0.404. The third kappa shape index (κ3) is 3.61. The summed E-state index contributed by atoms with van der Waals surface area (Å²) in [6.45, 7) is 2.82. The first kappa shape index (κ1) is 16.0. The monoisotopic (exact) mass is 419 g/mol. The number of halogens is 4. The van der Waals surface area contributed by atoms with Gasteiger partial charge < -0.3 is 5.32 Å². The van der Waals surface area contributed by atoms with E-state index in [-0.39, 0.29) is 11.1 Å². The number of rotatable bonds is 4. The zero-order chi connectivity index (χ0) is 14.7. The molecular weight excluding hydrogens is 408 g/mol. The van der Waals surface area contributed by atoms with Gasteiger partial charge in [-0.05, 0) is 48.0 Å². The Morgan fingerprint density at radius 2 is 1.95 bits per heavy atom. The molecule has 1 unspecified atom stereocenters. The second-order valence-corrected chi connectivity index (χ2v) is 6.51. The van der Waals surface area contributed by atoms with Crippen molar-refractivity contribution in [1.29, 1.82) is 0 Å². The molecule has 0 saturated heterocycles. The van der Waals surface area contributed by atoms with Gasteiger partial charge in [-0.15, -0.1) is 0 Å². The number of nitrogens with one attached hydrogen (secondary N) is 1. The molecule has 2 aromatic carbocycles. The highest BCUT2D eigenvalue weighted by molar-refractivity contribution is 9.11. The molecule has 1 nitrogen and oxygen atoms in total. The Bertz CT molecular complexity index is 619. The van der Waals surface area contributed by atoms with Gasteiger partial charge in [0.25, 0.3) is 0 Å². The van der Waals surface area contributed by atoms with E-state index < -0.39 is 5.82 Å². The summed E-state index contributed by atoms with van der Waals surface area (Å²) in [6.07, 6.45) is 0. The Labute approximate surface area is 139 Å². The Hall–Kier alpha value is -0.420. The Balaban J connectivity index is 2.49. The van der Waals surface area contributed by atoms with Gasteiger partial charge in [-0.1, -0.05) is 56.5 Å². The smallest absolute Gasteiger partial charge is 0.141 e. The molecule has 0 aliphatic heterocycles. The van der Waals surface area contributed by atoms with E-state index in [9.17, 15) is 4.39 Å². The van der Waals surface area contributed by atoms with Crippen LogP contribution >= 0.6 is 43.5 Å². The predicted octanol–water partition coefficient (Wildman–Crippen LogP) is 5.70. The van der Waals surface area contributed by atoms with Gasteiger partial charge in [0.2, 0.25) is 0 Å².